The number of carboxylic acid groups (broad SMARTS) is 1. The predicted molar refractivity (Wildman–Crippen MR) is 121 cm³/mol. The Labute approximate surface area is 196 Å². The van der Waals surface area contributed by atoms with Crippen molar-refractivity contribution < 1.29 is 29.1 Å². The summed E-state index contributed by atoms with van der Waals surface area (Å²) >= 11 is 3.98. The second-order valence-electron chi connectivity index (χ2n) is 7.57. The number of H-pyrrole nitrogens is 1. The van der Waals surface area contributed by atoms with Gasteiger partial charge in [-0.25, -0.2) is 9.78 Å². The van der Waals surface area contributed by atoms with Gasteiger partial charge in [0.2, 0.25) is 23.6 Å². The SMILES string of the molecule is CCC(C)C(NC(=O)C(Cc1cnc[nH]1)NC(=O)C(N)CS)C(=O)NC(CC(N)=O)C(=O)O. The number of nitrogens with two attached hydrogens (primary N) is 2. The number of aliphatic carboxylic acids is 1. The molecule has 0 aliphatic heterocycles. The largest absolute Gasteiger partial charge is 0.480 e. The van der Waals surface area contributed by atoms with Crippen molar-refractivity contribution in [2.75, 3.05) is 5.75 Å². The lowest BCUT2D eigenvalue weighted by atomic mass is 9.97. The Morgan fingerprint density at radius 1 is 1.12 bits per heavy atom. The van der Waals surface area contributed by atoms with Crippen molar-refractivity contribution in [3.8, 4) is 0 Å². The minimum Gasteiger partial charge on any atom is -0.480 e. The van der Waals surface area contributed by atoms with E-state index in [1.165, 1.54) is 12.5 Å². The molecule has 14 heteroatoms. The van der Waals surface area contributed by atoms with E-state index in [9.17, 15) is 29.1 Å². The van der Waals surface area contributed by atoms with Gasteiger partial charge in [0.25, 0.3) is 0 Å². The number of primary amides is 1. The lowest BCUT2D eigenvalue weighted by Crippen LogP contribution is -2.59. The summed E-state index contributed by atoms with van der Waals surface area (Å²) in [5.41, 5.74) is 11.3. The summed E-state index contributed by atoms with van der Waals surface area (Å²) in [5.74, 6) is -4.80. The van der Waals surface area contributed by atoms with Gasteiger partial charge >= 0.3 is 5.97 Å². The number of carbonyl (C=O) groups is 5. The molecule has 13 nitrogen and oxygen atoms in total. The zero-order valence-electron chi connectivity index (χ0n) is 18.4. The first-order valence-corrected chi connectivity index (χ1v) is 10.9. The van der Waals surface area contributed by atoms with Crippen molar-refractivity contribution in [2.24, 2.45) is 17.4 Å². The molecule has 4 amide bonds. The van der Waals surface area contributed by atoms with E-state index in [0.29, 0.717) is 12.1 Å². The van der Waals surface area contributed by atoms with Crippen LogP contribution in [0.25, 0.3) is 0 Å². The maximum atomic E-state index is 13.1. The number of thiol groups is 1. The van der Waals surface area contributed by atoms with Crippen LogP contribution in [0.3, 0.4) is 0 Å². The van der Waals surface area contributed by atoms with E-state index in [1.807, 2.05) is 0 Å². The van der Waals surface area contributed by atoms with Crippen molar-refractivity contribution in [1.29, 1.82) is 0 Å². The molecule has 184 valence electrons. The molecule has 1 aromatic rings. The monoisotopic (exact) mass is 485 g/mol. The number of rotatable bonds is 14. The van der Waals surface area contributed by atoms with Crippen LogP contribution in [0, 0.1) is 5.92 Å². The summed E-state index contributed by atoms with van der Waals surface area (Å²) in [6, 6.07) is -4.75. The van der Waals surface area contributed by atoms with Crippen molar-refractivity contribution in [2.45, 2.75) is 57.3 Å². The van der Waals surface area contributed by atoms with Crippen molar-refractivity contribution >= 4 is 42.2 Å². The number of amides is 4. The third-order valence-electron chi connectivity index (χ3n) is 4.96. The normalized spacial score (nSPS) is 15.4. The highest BCUT2D eigenvalue weighted by molar-refractivity contribution is 7.80. The number of aromatic nitrogens is 2. The first kappa shape index (κ1) is 27.9. The Bertz CT molecular complexity index is 835. The molecule has 0 saturated heterocycles. The lowest BCUT2D eigenvalue weighted by molar-refractivity contribution is -0.144. The summed E-state index contributed by atoms with van der Waals surface area (Å²) < 4.78 is 0. The van der Waals surface area contributed by atoms with Crippen molar-refractivity contribution in [3.05, 3.63) is 18.2 Å². The van der Waals surface area contributed by atoms with Gasteiger partial charge in [-0.2, -0.15) is 12.6 Å². The Balaban J connectivity index is 3.06. The van der Waals surface area contributed by atoms with Crippen LogP contribution in [0.5, 0.6) is 0 Å². The topological polar surface area (TPSA) is 222 Å². The highest BCUT2D eigenvalue weighted by Crippen LogP contribution is 2.10. The first-order valence-electron chi connectivity index (χ1n) is 10.3. The fourth-order valence-electron chi connectivity index (χ4n) is 2.81. The molecule has 1 heterocycles. The van der Waals surface area contributed by atoms with E-state index < -0.39 is 66.1 Å². The van der Waals surface area contributed by atoms with E-state index in [1.54, 1.807) is 13.8 Å². The van der Waals surface area contributed by atoms with Gasteiger partial charge in [-0.15, -0.1) is 0 Å². The maximum absolute atomic E-state index is 13.1. The van der Waals surface area contributed by atoms with Crippen LogP contribution in [0.2, 0.25) is 0 Å². The van der Waals surface area contributed by atoms with Gasteiger partial charge in [0.1, 0.15) is 18.1 Å². The number of carbonyl (C=O) groups excluding carboxylic acids is 4. The van der Waals surface area contributed by atoms with E-state index in [0.717, 1.165) is 0 Å². The second kappa shape index (κ2) is 13.4. The van der Waals surface area contributed by atoms with Crippen LogP contribution >= 0.6 is 12.6 Å². The average molecular weight is 486 g/mol. The lowest BCUT2D eigenvalue weighted by Gasteiger charge is -2.27. The molecule has 0 radical (unpaired) electrons. The fraction of sp³-hybridized carbons (Fsp3) is 0.579. The average Bonchev–Trinajstić information content (AvgIpc) is 3.27. The van der Waals surface area contributed by atoms with E-state index in [4.69, 9.17) is 11.5 Å². The third-order valence-corrected chi connectivity index (χ3v) is 5.35. The van der Waals surface area contributed by atoms with E-state index >= 15 is 0 Å². The zero-order valence-corrected chi connectivity index (χ0v) is 19.3. The molecule has 1 aromatic heterocycles. The summed E-state index contributed by atoms with van der Waals surface area (Å²) in [6.45, 7) is 3.47. The molecule has 0 saturated carbocycles. The Morgan fingerprint density at radius 2 is 1.76 bits per heavy atom. The molecule has 0 aromatic carbocycles. The number of carboxylic acids is 1. The molecule has 0 spiro atoms. The van der Waals surface area contributed by atoms with Gasteiger partial charge in [-0.05, 0) is 5.92 Å². The van der Waals surface area contributed by atoms with Crippen LogP contribution in [-0.4, -0.2) is 74.6 Å². The van der Waals surface area contributed by atoms with Gasteiger partial charge in [0.15, 0.2) is 0 Å². The number of imidazole rings is 1. The summed E-state index contributed by atoms with van der Waals surface area (Å²) in [5, 5.41) is 16.6. The summed E-state index contributed by atoms with van der Waals surface area (Å²) in [4.78, 5) is 67.3. The molecule has 0 bridgehead atoms. The molecule has 5 unspecified atom stereocenters. The molecule has 1 rings (SSSR count). The molecule has 5 atom stereocenters. The molecule has 33 heavy (non-hydrogen) atoms. The van der Waals surface area contributed by atoms with E-state index in [2.05, 4.69) is 38.5 Å². The van der Waals surface area contributed by atoms with Crippen molar-refractivity contribution in [3.63, 3.8) is 0 Å². The van der Waals surface area contributed by atoms with Crippen molar-refractivity contribution in [1.82, 2.24) is 25.9 Å². The van der Waals surface area contributed by atoms with Crippen LogP contribution in [0.15, 0.2) is 12.5 Å². The highest BCUT2D eigenvalue weighted by Gasteiger charge is 2.33. The molecule has 0 aliphatic rings. The summed E-state index contributed by atoms with van der Waals surface area (Å²) in [7, 11) is 0. The van der Waals surface area contributed by atoms with Crippen LogP contribution in [-0.2, 0) is 30.4 Å². The number of hydrogen-bond donors (Lipinski definition) is 8. The van der Waals surface area contributed by atoms with Crippen LogP contribution in [0.1, 0.15) is 32.4 Å². The van der Waals surface area contributed by atoms with Gasteiger partial charge in [0.05, 0.1) is 18.8 Å². The first-order chi connectivity index (χ1) is 15.5. The zero-order chi connectivity index (χ0) is 25.1. The second-order valence-corrected chi connectivity index (χ2v) is 7.94. The molecule has 0 aliphatic carbocycles. The van der Waals surface area contributed by atoms with Gasteiger partial charge in [-0.1, -0.05) is 20.3 Å². The van der Waals surface area contributed by atoms with Crippen LogP contribution in [0.4, 0.5) is 0 Å². The molecule has 0 fully saturated rings. The molecular formula is C19H31N7O6S. The molecular weight excluding hydrogens is 454 g/mol. The minimum absolute atomic E-state index is 0.0329. The minimum atomic E-state index is -1.55. The Hall–Kier alpha value is -3.13. The Morgan fingerprint density at radius 3 is 2.24 bits per heavy atom. The number of hydrogen-bond acceptors (Lipinski definition) is 8. The van der Waals surface area contributed by atoms with Gasteiger partial charge in [-0.3, -0.25) is 19.2 Å². The fourth-order valence-corrected chi connectivity index (χ4v) is 2.97. The van der Waals surface area contributed by atoms with Crippen LogP contribution < -0.4 is 27.4 Å². The van der Waals surface area contributed by atoms with Gasteiger partial charge < -0.3 is 37.5 Å². The summed E-state index contributed by atoms with van der Waals surface area (Å²) in [6.07, 6.45) is 2.78. The third kappa shape index (κ3) is 9.10. The maximum Gasteiger partial charge on any atom is 0.326 e. The quantitative estimate of drug-likeness (QED) is 0.133. The smallest absolute Gasteiger partial charge is 0.326 e. The Kier molecular flexibility index (Phi) is 11.4. The predicted octanol–water partition coefficient (Wildman–Crippen LogP) is -2.33. The van der Waals surface area contributed by atoms with Gasteiger partial charge in [0, 0.05) is 24.1 Å². The van der Waals surface area contributed by atoms with E-state index in [-0.39, 0.29) is 12.2 Å². The highest BCUT2D eigenvalue weighted by atomic mass is 32.1. The number of nitrogens with one attached hydrogen (secondary N) is 4. The number of aromatic amines is 1. The standard InChI is InChI=1S/C19H31N7O6S/c1-3-9(2)15(18(30)25-13(19(31)32)5-14(21)27)26-17(29)12(4-10-6-22-8-23-10)24-16(28)11(20)7-33/h6,8-9,11-13,15,33H,3-5,7,20H2,1-2H3,(H2,21,27)(H,22,23)(H,24,28)(H,25,30)(H,26,29)(H,31,32). The number of nitrogens with zero attached hydrogens (tertiary/aromatic N) is 1. The molecule has 9 N–H and O–H groups in total.